The Balaban J connectivity index is 1.53. The van der Waals surface area contributed by atoms with Crippen molar-refractivity contribution in [2.24, 2.45) is 11.8 Å². The van der Waals surface area contributed by atoms with Crippen molar-refractivity contribution in [3.05, 3.63) is 18.2 Å². The number of hydrogen-bond acceptors (Lipinski definition) is 4. The number of carbonyl (C=O) groups excluding carboxylic acids is 1. The molecule has 1 aromatic rings. The number of aromatic nitrogens is 2. The van der Waals surface area contributed by atoms with Crippen LogP contribution in [-0.4, -0.2) is 76.0 Å². The van der Waals surface area contributed by atoms with Crippen LogP contribution in [0, 0.1) is 11.8 Å². The molecule has 0 aromatic carbocycles. The van der Waals surface area contributed by atoms with E-state index in [1.54, 1.807) is 0 Å². The highest BCUT2D eigenvalue weighted by atomic mass is 16.2. The fraction of sp³-hybridized carbons (Fsp3) is 0.800. The molecule has 1 aromatic heterocycles. The van der Waals surface area contributed by atoms with E-state index in [-0.39, 0.29) is 0 Å². The number of fused-ring (bicyclic) bond motifs is 4. The van der Waals surface area contributed by atoms with Gasteiger partial charge in [0.05, 0.1) is 12.0 Å². The summed E-state index contributed by atoms with van der Waals surface area (Å²) in [5, 5.41) is 0. The Morgan fingerprint density at radius 2 is 2.08 bits per heavy atom. The number of amides is 1. The van der Waals surface area contributed by atoms with Gasteiger partial charge < -0.3 is 14.4 Å². The van der Waals surface area contributed by atoms with E-state index < -0.39 is 0 Å². The largest absolute Gasteiger partial charge is 0.337 e. The smallest absolute Gasteiger partial charge is 0.223 e. The quantitative estimate of drug-likeness (QED) is 0.802. The lowest BCUT2D eigenvalue weighted by Gasteiger charge is -2.57. The SMILES string of the molecule is CCn1cnc(CN2C[C@H]3C[C@@H](C2)[C@H](CN(C)C)N2C(=O)CCC[C@@H]32)c1. The van der Waals surface area contributed by atoms with Crippen LogP contribution in [0.25, 0.3) is 0 Å². The summed E-state index contributed by atoms with van der Waals surface area (Å²) in [6.45, 7) is 7.25. The summed E-state index contributed by atoms with van der Waals surface area (Å²) in [6, 6.07) is 0.823. The molecule has 144 valence electrons. The second kappa shape index (κ2) is 7.31. The van der Waals surface area contributed by atoms with Crippen molar-refractivity contribution in [2.45, 2.75) is 57.8 Å². The van der Waals surface area contributed by atoms with Gasteiger partial charge in [-0.05, 0) is 52.1 Å². The maximum Gasteiger partial charge on any atom is 0.223 e. The van der Waals surface area contributed by atoms with Gasteiger partial charge in [-0.25, -0.2) is 4.98 Å². The van der Waals surface area contributed by atoms with E-state index in [9.17, 15) is 4.79 Å². The molecule has 0 radical (unpaired) electrons. The summed E-state index contributed by atoms with van der Waals surface area (Å²) in [5.74, 6) is 1.62. The lowest BCUT2D eigenvalue weighted by atomic mass is 9.72. The number of likely N-dealkylation sites (N-methyl/N-ethyl adjacent to an activating group) is 1. The van der Waals surface area contributed by atoms with Crippen molar-refractivity contribution < 1.29 is 4.79 Å². The molecule has 26 heavy (non-hydrogen) atoms. The van der Waals surface area contributed by atoms with Crippen LogP contribution in [0.1, 0.15) is 38.3 Å². The second-order valence-corrected chi connectivity index (χ2v) is 8.74. The lowest BCUT2D eigenvalue weighted by Crippen LogP contribution is -2.66. The molecule has 1 amide bonds. The number of imidazole rings is 1. The molecule has 0 saturated carbocycles. The molecular formula is C20H33N5O. The Morgan fingerprint density at radius 3 is 2.81 bits per heavy atom. The fourth-order valence-electron chi connectivity index (χ4n) is 5.50. The first-order valence-electron chi connectivity index (χ1n) is 10.2. The van der Waals surface area contributed by atoms with Crippen LogP contribution < -0.4 is 0 Å². The van der Waals surface area contributed by atoms with Gasteiger partial charge in [0.2, 0.25) is 5.91 Å². The molecule has 3 fully saturated rings. The molecule has 0 unspecified atom stereocenters. The highest BCUT2D eigenvalue weighted by molar-refractivity contribution is 5.78. The van der Waals surface area contributed by atoms with Crippen LogP contribution in [0.3, 0.4) is 0 Å². The van der Waals surface area contributed by atoms with Crippen molar-refractivity contribution in [1.82, 2.24) is 24.3 Å². The minimum Gasteiger partial charge on any atom is -0.337 e. The molecule has 4 rings (SSSR count). The van der Waals surface area contributed by atoms with E-state index in [0.717, 1.165) is 45.6 Å². The summed E-state index contributed by atoms with van der Waals surface area (Å²) in [6.07, 6.45) is 8.40. The molecule has 0 spiro atoms. The van der Waals surface area contributed by atoms with E-state index in [1.165, 1.54) is 18.5 Å². The molecule has 3 saturated heterocycles. The van der Waals surface area contributed by atoms with E-state index in [4.69, 9.17) is 0 Å². The Bertz CT molecular complexity index is 642. The van der Waals surface area contributed by atoms with Crippen LogP contribution in [0.2, 0.25) is 0 Å². The van der Waals surface area contributed by atoms with Gasteiger partial charge in [-0.2, -0.15) is 0 Å². The molecule has 0 aliphatic carbocycles. The Kier molecular flexibility index (Phi) is 5.06. The van der Waals surface area contributed by atoms with Gasteiger partial charge >= 0.3 is 0 Å². The van der Waals surface area contributed by atoms with Crippen LogP contribution in [-0.2, 0) is 17.9 Å². The minimum absolute atomic E-state index is 0.370. The average molecular weight is 360 g/mol. The predicted octanol–water partition coefficient (Wildman–Crippen LogP) is 1.67. The van der Waals surface area contributed by atoms with Crippen LogP contribution in [0.15, 0.2) is 12.5 Å². The zero-order chi connectivity index (χ0) is 18.3. The molecule has 3 aliphatic rings. The van der Waals surface area contributed by atoms with Gasteiger partial charge in [-0.1, -0.05) is 0 Å². The highest BCUT2D eigenvalue weighted by Gasteiger charge is 2.49. The van der Waals surface area contributed by atoms with E-state index in [0.29, 0.717) is 29.8 Å². The third kappa shape index (κ3) is 3.41. The summed E-state index contributed by atoms with van der Waals surface area (Å²) in [7, 11) is 4.26. The Labute approximate surface area is 157 Å². The number of rotatable bonds is 5. The standard InChI is InChI=1S/C20H33N5O/c1-4-23-11-17(21-14-23)12-24-9-15-8-16(10-24)19(13-22(2)3)25-18(15)6-5-7-20(25)26/h11,14-16,18-19H,4-10,12-13H2,1-3H3/t15-,16+,18+,19+/m1/s1. The van der Waals surface area contributed by atoms with E-state index >= 15 is 0 Å². The van der Waals surface area contributed by atoms with Gasteiger partial charge in [-0.15, -0.1) is 0 Å². The summed E-state index contributed by atoms with van der Waals surface area (Å²) in [4.78, 5) is 24.5. The van der Waals surface area contributed by atoms with E-state index in [2.05, 4.69) is 51.5 Å². The molecule has 3 aliphatic heterocycles. The maximum absolute atomic E-state index is 12.7. The molecule has 4 heterocycles. The van der Waals surface area contributed by atoms with Crippen molar-refractivity contribution in [3.8, 4) is 0 Å². The molecular weight excluding hydrogens is 326 g/mol. The Morgan fingerprint density at radius 1 is 1.27 bits per heavy atom. The van der Waals surface area contributed by atoms with Crippen molar-refractivity contribution in [2.75, 3.05) is 33.7 Å². The fourth-order valence-corrected chi connectivity index (χ4v) is 5.50. The summed E-state index contributed by atoms with van der Waals surface area (Å²) < 4.78 is 2.15. The van der Waals surface area contributed by atoms with Gasteiger partial charge in [0.1, 0.15) is 0 Å². The third-order valence-corrected chi connectivity index (χ3v) is 6.56. The number of aryl methyl sites for hydroxylation is 1. The summed E-state index contributed by atoms with van der Waals surface area (Å²) in [5.41, 5.74) is 1.17. The first kappa shape index (κ1) is 18.0. The topological polar surface area (TPSA) is 44.6 Å². The number of hydrogen-bond donors (Lipinski definition) is 0. The molecule has 6 nitrogen and oxygen atoms in total. The molecule has 2 bridgehead atoms. The maximum atomic E-state index is 12.7. The van der Waals surface area contributed by atoms with Crippen LogP contribution in [0.4, 0.5) is 0 Å². The normalized spacial score (nSPS) is 32.2. The minimum atomic E-state index is 0.370. The first-order chi connectivity index (χ1) is 12.5. The van der Waals surface area contributed by atoms with Crippen molar-refractivity contribution in [1.29, 1.82) is 0 Å². The Hall–Kier alpha value is -1.40. The first-order valence-corrected chi connectivity index (χ1v) is 10.2. The van der Waals surface area contributed by atoms with Crippen molar-refractivity contribution >= 4 is 5.91 Å². The zero-order valence-electron chi connectivity index (χ0n) is 16.5. The third-order valence-electron chi connectivity index (χ3n) is 6.56. The highest BCUT2D eigenvalue weighted by Crippen LogP contribution is 2.41. The zero-order valence-corrected chi connectivity index (χ0v) is 16.5. The van der Waals surface area contributed by atoms with Crippen molar-refractivity contribution in [3.63, 3.8) is 0 Å². The second-order valence-electron chi connectivity index (χ2n) is 8.74. The van der Waals surface area contributed by atoms with Crippen LogP contribution >= 0.6 is 0 Å². The summed E-state index contributed by atoms with van der Waals surface area (Å²) >= 11 is 0. The number of likely N-dealkylation sites (tertiary alicyclic amines) is 1. The van der Waals surface area contributed by atoms with Gasteiger partial charge in [0, 0.05) is 57.4 Å². The molecule has 6 heteroatoms. The van der Waals surface area contributed by atoms with E-state index in [1.807, 2.05) is 6.33 Å². The number of piperidine rings is 3. The lowest BCUT2D eigenvalue weighted by molar-refractivity contribution is -0.153. The van der Waals surface area contributed by atoms with Gasteiger partial charge in [-0.3, -0.25) is 9.69 Å². The predicted molar refractivity (Wildman–Crippen MR) is 102 cm³/mol. The molecule has 4 atom stereocenters. The number of nitrogens with zero attached hydrogens (tertiary/aromatic N) is 5. The van der Waals surface area contributed by atoms with Gasteiger partial charge in [0.15, 0.2) is 0 Å². The monoisotopic (exact) mass is 359 g/mol. The van der Waals surface area contributed by atoms with Crippen LogP contribution in [0.5, 0.6) is 0 Å². The van der Waals surface area contributed by atoms with Gasteiger partial charge in [0.25, 0.3) is 0 Å². The number of carbonyl (C=O) groups is 1. The average Bonchev–Trinajstić information content (AvgIpc) is 3.06. The molecule has 0 N–H and O–H groups in total.